The number of likely N-dealkylation sites (tertiary alicyclic amines) is 1. The van der Waals surface area contributed by atoms with Gasteiger partial charge >= 0.3 is 0 Å². The van der Waals surface area contributed by atoms with Gasteiger partial charge in [0.15, 0.2) is 0 Å². The van der Waals surface area contributed by atoms with Crippen molar-refractivity contribution in [3.05, 3.63) is 38.9 Å². The van der Waals surface area contributed by atoms with Crippen LogP contribution in [0.3, 0.4) is 0 Å². The standard InChI is InChI=1S/C15H20ClN3O3/c16-12-5-6-13(14(11-12)19(21)22)15(20)17-7-10-18-8-3-1-2-4-9-18/h5-6,11H,1-4,7-10H2,(H,17,20). The third-order valence-electron chi connectivity index (χ3n) is 3.81. The molecule has 1 aliphatic rings. The number of carbonyl (C=O) groups excluding carboxylic acids is 1. The van der Waals surface area contributed by atoms with E-state index in [4.69, 9.17) is 11.6 Å². The van der Waals surface area contributed by atoms with Crippen molar-refractivity contribution in [2.45, 2.75) is 25.7 Å². The third-order valence-corrected chi connectivity index (χ3v) is 4.05. The zero-order valence-corrected chi connectivity index (χ0v) is 13.1. The summed E-state index contributed by atoms with van der Waals surface area (Å²) in [7, 11) is 0. The van der Waals surface area contributed by atoms with Gasteiger partial charge in [0.2, 0.25) is 0 Å². The Hall–Kier alpha value is -1.66. The highest BCUT2D eigenvalue weighted by molar-refractivity contribution is 6.31. The Kier molecular flexibility index (Phi) is 6.15. The van der Waals surface area contributed by atoms with Crippen LogP contribution < -0.4 is 5.32 Å². The minimum Gasteiger partial charge on any atom is -0.351 e. The molecule has 7 heteroatoms. The van der Waals surface area contributed by atoms with Crippen LogP contribution in [-0.2, 0) is 0 Å². The predicted octanol–water partition coefficient (Wildman–Crippen LogP) is 2.85. The van der Waals surface area contributed by atoms with Gasteiger partial charge in [0, 0.05) is 24.2 Å². The van der Waals surface area contributed by atoms with Gasteiger partial charge in [0.1, 0.15) is 5.56 Å². The van der Waals surface area contributed by atoms with Crippen molar-refractivity contribution in [1.82, 2.24) is 10.2 Å². The number of nitrogens with one attached hydrogen (secondary N) is 1. The smallest absolute Gasteiger partial charge is 0.283 e. The van der Waals surface area contributed by atoms with Crippen molar-refractivity contribution in [1.29, 1.82) is 0 Å². The first-order valence-electron chi connectivity index (χ1n) is 7.52. The quantitative estimate of drug-likeness (QED) is 0.667. The molecule has 1 aromatic carbocycles. The highest BCUT2D eigenvalue weighted by atomic mass is 35.5. The third kappa shape index (κ3) is 4.68. The minimum absolute atomic E-state index is 0.0465. The Labute approximate surface area is 134 Å². The van der Waals surface area contributed by atoms with Crippen LogP contribution in [0.4, 0.5) is 5.69 Å². The molecule has 0 bridgehead atoms. The van der Waals surface area contributed by atoms with Crippen LogP contribution in [0.25, 0.3) is 0 Å². The molecule has 0 aromatic heterocycles. The molecule has 1 fully saturated rings. The maximum Gasteiger partial charge on any atom is 0.283 e. The van der Waals surface area contributed by atoms with Gasteiger partial charge < -0.3 is 10.2 Å². The van der Waals surface area contributed by atoms with E-state index in [0.29, 0.717) is 6.54 Å². The number of amides is 1. The van der Waals surface area contributed by atoms with E-state index in [1.54, 1.807) is 0 Å². The number of halogens is 1. The molecule has 0 spiro atoms. The zero-order chi connectivity index (χ0) is 15.9. The molecule has 0 radical (unpaired) electrons. The average molecular weight is 326 g/mol. The molecule has 1 aliphatic heterocycles. The SMILES string of the molecule is O=C(NCCN1CCCCCC1)c1ccc(Cl)cc1[N+](=O)[O-]. The Morgan fingerprint density at radius 1 is 1.27 bits per heavy atom. The normalized spacial score (nSPS) is 16.0. The van der Waals surface area contributed by atoms with Crippen LogP contribution in [0.2, 0.25) is 5.02 Å². The molecular weight excluding hydrogens is 306 g/mol. The molecule has 1 saturated heterocycles. The highest BCUT2D eigenvalue weighted by Gasteiger charge is 2.20. The number of hydrogen-bond donors (Lipinski definition) is 1. The van der Waals surface area contributed by atoms with Crippen molar-refractivity contribution >= 4 is 23.2 Å². The molecule has 120 valence electrons. The second kappa shape index (κ2) is 8.10. The predicted molar refractivity (Wildman–Crippen MR) is 85.3 cm³/mol. The van der Waals surface area contributed by atoms with E-state index in [2.05, 4.69) is 10.2 Å². The number of benzene rings is 1. The van der Waals surface area contributed by atoms with E-state index in [1.807, 2.05) is 0 Å². The summed E-state index contributed by atoms with van der Waals surface area (Å²) in [4.78, 5) is 24.8. The molecule has 0 saturated carbocycles. The molecule has 0 unspecified atom stereocenters. The number of nitrogens with zero attached hydrogens (tertiary/aromatic N) is 2. The van der Waals surface area contributed by atoms with Gasteiger partial charge in [0.05, 0.1) is 4.92 Å². The number of hydrogen-bond acceptors (Lipinski definition) is 4. The van der Waals surface area contributed by atoms with Crippen molar-refractivity contribution in [2.24, 2.45) is 0 Å². The van der Waals surface area contributed by atoms with E-state index in [9.17, 15) is 14.9 Å². The van der Waals surface area contributed by atoms with Crippen LogP contribution in [0.1, 0.15) is 36.0 Å². The van der Waals surface area contributed by atoms with Crippen LogP contribution in [-0.4, -0.2) is 41.9 Å². The first-order valence-corrected chi connectivity index (χ1v) is 7.90. The summed E-state index contributed by atoms with van der Waals surface area (Å²) in [5.41, 5.74) is -0.218. The van der Waals surface area contributed by atoms with Crippen LogP contribution in [0.15, 0.2) is 18.2 Å². The molecule has 1 aromatic rings. The summed E-state index contributed by atoms with van der Waals surface area (Å²) >= 11 is 5.74. The molecule has 1 amide bonds. The van der Waals surface area contributed by atoms with Gasteiger partial charge in [-0.2, -0.15) is 0 Å². The second-order valence-corrected chi connectivity index (χ2v) is 5.87. The molecule has 22 heavy (non-hydrogen) atoms. The lowest BCUT2D eigenvalue weighted by Crippen LogP contribution is -2.35. The van der Waals surface area contributed by atoms with Crippen LogP contribution >= 0.6 is 11.6 Å². The molecule has 1 N–H and O–H groups in total. The van der Waals surface area contributed by atoms with Gasteiger partial charge in [-0.05, 0) is 38.1 Å². The van der Waals surface area contributed by atoms with Crippen molar-refractivity contribution < 1.29 is 9.72 Å². The molecule has 1 heterocycles. The summed E-state index contributed by atoms with van der Waals surface area (Å²) in [5.74, 6) is -0.432. The fourth-order valence-electron chi connectivity index (χ4n) is 2.63. The molecule has 2 rings (SSSR count). The fraction of sp³-hybridized carbons (Fsp3) is 0.533. The summed E-state index contributed by atoms with van der Waals surface area (Å²) < 4.78 is 0. The Morgan fingerprint density at radius 2 is 1.95 bits per heavy atom. The fourth-order valence-corrected chi connectivity index (χ4v) is 2.80. The lowest BCUT2D eigenvalue weighted by Gasteiger charge is -2.19. The maximum absolute atomic E-state index is 12.1. The number of carbonyl (C=O) groups is 1. The molecule has 0 aliphatic carbocycles. The van der Waals surface area contributed by atoms with E-state index in [0.717, 1.165) is 19.6 Å². The molecule has 6 nitrogen and oxygen atoms in total. The summed E-state index contributed by atoms with van der Waals surface area (Å²) in [6, 6.07) is 4.07. The van der Waals surface area contributed by atoms with Gasteiger partial charge in [-0.3, -0.25) is 14.9 Å². The van der Waals surface area contributed by atoms with Crippen molar-refractivity contribution in [3.8, 4) is 0 Å². The van der Waals surface area contributed by atoms with Gasteiger partial charge in [-0.25, -0.2) is 0 Å². The van der Waals surface area contributed by atoms with Gasteiger partial charge in [0.25, 0.3) is 11.6 Å². The topological polar surface area (TPSA) is 75.5 Å². The molecule has 0 atom stereocenters. The minimum atomic E-state index is -0.588. The Balaban J connectivity index is 1.90. The summed E-state index contributed by atoms with van der Waals surface area (Å²) in [5, 5.41) is 14.0. The Morgan fingerprint density at radius 3 is 2.59 bits per heavy atom. The second-order valence-electron chi connectivity index (χ2n) is 5.43. The summed E-state index contributed by atoms with van der Waals surface area (Å²) in [6.45, 7) is 3.36. The van der Waals surface area contributed by atoms with E-state index in [1.165, 1.54) is 43.9 Å². The number of nitro benzene ring substituents is 1. The van der Waals surface area contributed by atoms with Crippen molar-refractivity contribution in [2.75, 3.05) is 26.2 Å². The monoisotopic (exact) mass is 325 g/mol. The lowest BCUT2D eigenvalue weighted by molar-refractivity contribution is -0.385. The Bertz CT molecular complexity index is 543. The van der Waals surface area contributed by atoms with E-state index >= 15 is 0 Å². The molecular formula is C15H20ClN3O3. The van der Waals surface area contributed by atoms with Gasteiger partial charge in [-0.15, -0.1) is 0 Å². The van der Waals surface area contributed by atoms with E-state index < -0.39 is 10.8 Å². The number of nitro groups is 1. The lowest BCUT2D eigenvalue weighted by atomic mass is 10.1. The van der Waals surface area contributed by atoms with E-state index in [-0.39, 0.29) is 16.3 Å². The van der Waals surface area contributed by atoms with Crippen LogP contribution in [0, 0.1) is 10.1 Å². The first kappa shape index (κ1) is 16.7. The number of rotatable bonds is 5. The van der Waals surface area contributed by atoms with Crippen LogP contribution in [0.5, 0.6) is 0 Å². The largest absolute Gasteiger partial charge is 0.351 e. The zero-order valence-electron chi connectivity index (χ0n) is 12.4. The first-order chi connectivity index (χ1) is 10.6. The summed E-state index contributed by atoms with van der Waals surface area (Å²) in [6.07, 6.45) is 4.91. The maximum atomic E-state index is 12.1. The highest BCUT2D eigenvalue weighted by Crippen LogP contribution is 2.23. The van der Waals surface area contributed by atoms with Crippen molar-refractivity contribution in [3.63, 3.8) is 0 Å². The van der Waals surface area contributed by atoms with Gasteiger partial charge in [-0.1, -0.05) is 24.4 Å². The average Bonchev–Trinajstić information content (AvgIpc) is 2.75.